The van der Waals surface area contributed by atoms with Crippen LogP contribution in [0, 0.1) is 5.92 Å². The van der Waals surface area contributed by atoms with E-state index in [1.54, 1.807) is 7.11 Å². The molecule has 0 unspecified atom stereocenters. The fourth-order valence-electron chi connectivity index (χ4n) is 3.07. The molecule has 122 valence electrons. The van der Waals surface area contributed by atoms with Crippen molar-refractivity contribution in [2.75, 3.05) is 33.8 Å². The minimum atomic E-state index is 0.209. The maximum absolute atomic E-state index is 12.3. The Morgan fingerprint density at radius 1 is 1.45 bits per heavy atom. The molecule has 1 heterocycles. The molecule has 0 aromatic heterocycles. The molecule has 0 radical (unpaired) electrons. The fourth-order valence-corrected chi connectivity index (χ4v) is 3.07. The first-order valence-corrected chi connectivity index (χ1v) is 8.17. The lowest BCUT2D eigenvalue weighted by molar-refractivity contribution is -0.130. The molecule has 0 aliphatic carbocycles. The van der Waals surface area contributed by atoms with Crippen LogP contribution in [0.15, 0.2) is 24.3 Å². The summed E-state index contributed by atoms with van der Waals surface area (Å²) >= 11 is 0. The van der Waals surface area contributed by atoms with Crippen molar-refractivity contribution in [2.24, 2.45) is 5.92 Å². The minimum Gasteiger partial charge on any atom is -0.497 e. The van der Waals surface area contributed by atoms with Gasteiger partial charge in [-0.15, -0.1) is 0 Å². The second-order valence-corrected chi connectivity index (χ2v) is 6.40. The minimum absolute atomic E-state index is 0.209. The monoisotopic (exact) mass is 304 g/mol. The van der Waals surface area contributed by atoms with Crippen LogP contribution in [-0.4, -0.2) is 49.5 Å². The predicted octanol–water partition coefficient (Wildman–Crippen LogP) is 2.78. The summed E-state index contributed by atoms with van der Waals surface area (Å²) in [7, 11) is 3.54. The van der Waals surface area contributed by atoms with Crippen molar-refractivity contribution >= 4 is 5.91 Å². The van der Waals surface area contributed by atoms with Gasteiger partial charge in [0, 0.05) is 33.1 Å². The molecule has 0 N–H and O–H groups in total. The molecule has 1 aliphatic heterocycles. The average molecular weight is 304 g/mol. The zero-order valence-electron chi connectivity index (χ0n) is 14.0. The van der Waals surface area contributed by atoms with Crippen molar-refractivity contribution in [2.45, 2.75) is 32.7 Å². The number of amides is 1. The molecule has 1 aromatic rings. The molecule has 22 heavy (non-hydrogen) atoms. The highest BCUT2D eigenvalue weighted by molar-refractivity contribution is 5.76. The lowest BCUT2D eigenvalue weighted by Crippen LogP contribution is -2.37. The molecule has 4 nitrogen and oxygen atoms in total. The van der Waals surface area contributed by atoms with Gasteiger partial charge in [0.2, 0.25) is 5.91 Å². The van der Waals surface area contributed by atoms with Crippen LogP contribution in [0.3, 0.4) is 0 Å². The number of methoxy groups -OCH3 is 1. The molecule has 0 bridgehead atoms. The lowest BCUT2D eigenvalue weighted by Gasteiger charge is -2.31. The van der Waals surface area contributed by atoms with E-state index in [9.17, 15) is 4.79 Å². The molecule has 1 atom stereocenters. The first-order valence-electron chi connectivity index (χ1n) is 8.17. The normalized spacial score (nSPS) is 19.0. The number of ether oxygens (including phenoxy) is 1. The van der Waals surface area contributed by atoms with Gasteiger partial charge in [-0.05, 0) is 43.0 Å². The third-order valence-electron chi connectivity index (χ3n) is 4.36. The van der Waals surface area contributed by atoms with Gasteiger partial charge in [-0.1, -0.05) is 19.1 Å². The summed E-state index contributed by atoms with van der Waals surface area (Å²) in [5.74, 6) is 1.81. The van der Waals surface area contributed by atoms with Gasteiger partial charge in [0.25, 0.3) is 0 Å². The van der Waals surface area contributed by atoms with Gasteiger partial charge in [0.15, 0.2) is 0 Å². The number of likely N-dealkylation sites (tertiary alicyclic amines) is 1. The highest BCUT2D eigenvalue weighted by atomic mass is 16.5. The van der Waals surface area contributed by atoms with Gasteiger partial charge >= 0.3 is 0 Å². The molecule has 1 fully saturated rings. The third-order valence-corrected chi connectivity index (χ3v) is 4.36. The molecule has 1 amide bonds. The molecule has 4 heteroatoms. The maximum Gasteiger partial charge on any atom is 0.223 e. The SMILES string of the molecule is COc1cccc(CN(C)C(=O)CCN2CCC[C@@H](C)C2)c1. The van der Waals surface area contributed by atoms with Gasteiger partial charge in [0.1, 0.15) is 5.75 Å². The van der Waals surface area contributed by atoms with E-state index in [1.807, 2.05) is 36.2 Å². The number of carbonyl (C=O) groups is 1. The summed E-state index contributed by atoms with van der Waals surface area (Å²) in [4.78, 5) is 16.5. The Morgan fingerprint density at radius 3 is 3.00 bits per heavy atom. The van der Waals surface area contributed by atoms with Crippen LogP contribution >= 0.6 is 0 Å². The molecular formula is C18H28N2O2. The molecule has 0 saturated carbocycles. The summed E-state index contributed by atoms with van der Waals surface area (Å²) in [5, 5.41) is 0. The fraction of sp³-hybridized carbons (Fsp3) is 0.611. The Labute approximate surface area is 134 Å². The van der Waals surface area contributed by atoms with Crippen molar-refractivity contribution in [1.82, 2.24) is 9.80 Å². The van der Waals surface area contributed by atoms with Crippen molar-refractivity contribution in [1.29, 1.82) is 0 Å². The molecular weight excluding hydrogens is 276 g/mol. The van der Waals surface area contributed by atoms with Crippen molar-refractivity contribution in [3.63, 3.8) is 0 Å². The highest BCUT2D eigenvalue weighted by Crippen LogP contribution is 2.16. The number of hydrogen-bond acceptors (Lipinski definition) is 3. The van der Waals surface area contributed by atoms with Crippen LogP contribution in [-0.2, 0) is 11.3 Å². The molecule has 1 saturated heterocycles. The van der Waals surface area contributed by atoms with Crippen LogP contribution in [0.1, 0.15) is 31.7 Å². The molecule has 2 rings (SSSR count). The van der Waals surface area contributed by atoms with E-state index in [0.717, 1.165) is 36.9 Å². The Morgan fingerprint density at radius 2 is 2.27 bits per heavy atom. The Kier molecular flexibility index (Phi) is 6.25. The number of carbonyl (C=O) groups excluding carboxylic acids is 1. The number of rotatable bonds is 6. The lowest BCUT2D eigenvalue weighted by atomic mass is 10.0. The smallest absolute Gasteiger partial charge is 0.223 e. The third kappa shape index (κ3) is 5.02. The van der Waals surface area contributed by atoms with Crippen LogP contribution in [0.25, 0.3) is 0 Å². The van der Waals surface area contributed by atoms with Crippen LogP contribution < -0.4 is 4.74 Å². The zero-order chi connectivity index (χ0) is 15.9. The van der Waals surface area contributed by atoms with Gasteiger partial charge in [-0.2, -0.15) is 0 Å². The first-order chi connectivity index (χ1) is 10.6. The van der Waals surface area contributed by atoms with Gasteiger partial charge in [-0.3, -0.25) is 4.79 Å². The predicted molar refractivity (Wildman–Crippen MR) is 88.9 cm³/mol. The first kappa shape index (κ1) is 16.8. The van der Waals surface area contributed by atoms with E-state index in [0.29, 0.717) is 13.0 Å². The standard InChI is InChI=1S/C18H28N2O2/c1-15-6-5-10-20(13-15)11-9-18(21)19(2)14-16-7-4-8-17(12-16)22-3/h4,7-8,12,15H,5-6,9-11,13-14H2,1-3H3/t15-/m1/s1. The van der Waals surface area contributed by atoms with Crippen LogP contribution in [0.4, 0.5) is 0 Å². The van der Waals surface area contributed by atoms with Crippen molar-refractivity contribution < 1.29 is 9.53 Å². The van der Waals surface area contributed by atoms with E-state index in [2.05, 4.69) is 11.8 Å². The number of piperidine rings is 1. The summed E-state index contributed by atoms with van der Waals surface area (Å²) in [6.07, 6.45) is 3.18. The maximum atomic E-state index is 12.3. The van der Waals surface area contributed by atoms with Crippen molar-refractivity contribution in [3.05, 3.63) is 29.8 Å². The average Bonchev–Trinajstić information content (AvgIpc) is 2.52. The second-order valence-electron chi connectivity index (χ2n) is 6.40. The summed E-state index contributed by atoms with van der Waals surface area (Å²) in [5.41, 5.74) is 1.10. The highest BCUT2D eigenvalue weighted by Gasteiger charge is 2.18. The Hall–Kier alpha value is -1.55. The Balaban J connectivity index is 1.78. The second kappa shape index (κ2) is 8.18. The Bertz CT molecular complexity index is 490. The van der Waals surface area contributed by atoms with E-state index < -0.39 is 0 Å². The van der Waals surface area contributed by atoms with E-state index in [1.165, 1.54) is 12.8 Å². The van der Waals surface area contributed by atoms with Crippen LogP contribution in [0.2, 0.25) is 0 Å². The zero-order valence-corrected chi connectivity index (χ0v) is 14.0. The van der Waals surface area contributed by atoms with Gasteiger partial charge in [0.05, 0.1) is 7.11 Å². The van der Waals surface area contributed by atoms with Crippen molar-refractivity contribution in [3.8, 4) is 5.75 Å². The summed E-state index contributed by atoms with van der Waals surface area (Å²) in [6.45, 7) is 6.07. The van der Waals surface area contributed by atoms with Gasteiger partial charge < -0.3 is 14.5 Å². The van der Waals surface area contributed by atoms with E-state index in [4.69, 9.17) is 4.74 Å². The topological polar surface area (TPSA) is 32.8 Å². The van der Waals surface area contributed by atoms with Crippen LogP contribution in [0.5, 0.6) is 5.75 Å². The number of hydrogen-bond donors (Lipinski definition) is 0. The molecule has 1 aromatic carbocycles. The number of nitrogens with zero attached hydrogens (tertiary/aromatic N) is 2. The summed E-state index contributed by atoms with van der Waals surface area (Å²) < 4.78 is 5.22. The van der Waals surface area contributed by atoms with E-state index in [-0.39, 0.29) is 5.91 Å². The van der Waals surface area contributed by atoms with Gasteiger partial charge in [-0.25, -0.2) is 0 Å². The van der Waals surface area contributed by atoms with E-state index >= 15 is 0 Å². The summed E-state index contributed by atoms with van der Waals surface area (Å²) in [6, 6.07) is 7.89. The quantitative estimate of drug-likeness (QED) is 0.810. The molecule has 0 spiro atoms. The number of benzene rings is 1. The molecule has 1 aliphatic rings. The largest absolute Gasteiger partial charge is 0.497 e.